The predicted octanol–water partition coefficient (Wildman–Crippen LogP) is 5.05. The summed E-state index contributed by atoms with van der Waals surface area (Å²) in [6, 6.07) is 16.5. The number of hydrogen-bond donors (Lipinski definition) is 0. The van der Waals surface area contributed by atoms with Gasteiger partial charge in [0.1, 0.15) is 18.1 Å². The van der Waals surface area contributed by atoms with Crippen LogP contribution in [0, 0.1) is 0 Å². The average molecular weight is 399 g/mol. The molecule has 0 aliphatic rings. The summed E-state index contributed by atoms with van der Waals surface area (Å²) >= 11 is 0. The number of benzene rings is 2. The Morgan fingerprint density at radius 2 is 1.76 bits per heavy atom. The van der Waals surface area contributed by atoms with Crippen molar-refractivity contribution in [3.05, 3.63) is 66.7 Å². The molecule has 156 valence electrons. The molecule has 0 heterocycles. The van der Waals surface area contributed by atoms with E-state index < -0.39 is 12.4 Å². The largest absolute Gasteiger partial charge is 0.488 e. The zero-order valence-electron chi connectivity index (χ0n) is 17.2. The Bertz CT molecular complexity index is 759. The fourth-order valence-electron chi connectivity index (χ4n) is 2.65. The normalized spacial score (nSPS) is 11.0. The summed E-state index contributed by atoms with van der Waals surface area (Å²) in [5.74, 6) is 0.974. The Balaban J connectivity index is 2.05. The van der Waals surface area contributed by atoms with Crippen molar-refractivity contribution in [2.45, 2.75) is 26.1 Å². The summed E-state index contributed by atoms with van der Waals surface area (Å²) < 4.78 is 21.5. The van der Waals surface area contributed by atoms with Crippen LogP contribution in [0.2, 0.25) is 0 Å². The second-order valence-electron chi connectivity index (χ2n) is 6.25. The van der Waals surface area contributed by atoms with Crippen molar-refractivity contribution in [1.29, 1.82) is 0 Å². The number of unbranched alkanes of at least 4 members (excludes halogenated alkanes) is 1. The first kappa shape index (κ1) is 22.5. The number of amides is 1. The highest BCUT2D eigenvalue weighted by molar-refractivity contribution is 5.89. The molecule has 0 aromatic heterocycles. The van der Waals surface area contributed by atoms with Crippen molar-refractivity contribution >= 4 is 11.8 Å². The van der Waals surface area contributed by atoms with Crippen LogP contribution in [-0.4, -0.2) is 39.8 Å². The fourth-order valence-corrected chi connectivity index (χ4v) is 2.65. The molecule has 29 heavy (non-hydrogen) atoms. The number of rotatable bonds is 11. The number of carbonyl (C=O) groups excluding carboxylic acids is 1. The van der Waals surface area contributed by atoms with Crippen LogP contribution >= 0.6 is 0 Å². The molecule has 0 unspecified atom stereocenters. The summed E-state index contributed by atoms with van der Waals surface area (Å²) in [6.45, 7) is 2.78. The predicted molar refractivity (Wildman–Crippen MR) is 114 cm³/mol. The summed E-state index contributed by atoms with van der Waals surface area (Å²) in [6.07, 6.45) is 4.94. The SMILES string of the molecule is CC=CCCCN(C(=O)Oc1cccc(OCC(OC)OC)c1)c1ccccc1. The van der Waals surface area contributed by atoms with Crippen molar-refractivity contribution in [3.8, 4) is 11.5 Å². The lowest BCUT2D eigenvalue weighted by Crippen LogP contribution is -2.34. The van der Waals surface area contributed by atoms with E-state index in [1.807, 2.05) is 43.3 Å². The zero-order chi connectivity index (χ0) is 20.9. The molecular formula is C23H29NO5. The van der Waals surface area contributed by atoms with E-state index in [1.54, 1.807) is 43.4 Å². The third-order valence-electron chi connectivity index (χ3n) is 4.20. The molecule has 0 radical (unpaired) electrons. The number of ether oxygens (including phenoxy) is 4. The minimum absolute atomic E-state index is 0.228. The molecule has 6 heteroatoms. The van der Waals surface area contributed by atoms with Gasteiger partial charge in [0.2, 0.25) is 0 Å². The minimum atomic E-state index is -0.466. The van der Waals surface area contributed by atoms with E-state index in [9.17, 15) is 4.79 Å². The topological polar surface area (TPSA) is 57.2 Å². The van der Waals surface area contributed by atoms with Gasteiger partial charge >= 0.3 is 6.09 Å². The summed E-state index contributed by atoms with van der Waals surface area (Å²) in [5, 5.41) is 0. The van der Waals surface area contributed by atoms with Crippen LogP contribution in [-0.2, 0) is 9.47 Å². The molecule has 6 nitrogen and oxygen atoms in total. The highest BCUT2D eigenvalue weighted by Gasteiger charge is 2.18. The lowest BCUT2D eigenvalue weighted by Gasteiger charge is -2.22. The molecule has 0 fully saturated rings. The molecule has 2 rings (SSSR count). The van der Waals surface area contributed by atoms with Crippen molar-refractivity contribution in [3.63, 3.8) is 0 Å². The number of anilines is 1. The van der Waals surface area contributed by atoms with Crippen LogP contribution in [0.25, 0.3) is 0 Å². The van der Waals surface area contributed by atoms with Gasteiger partial charge in [0.15, 0.2) is 6.29 Å². The Morgan fingerprint density at radius 3 is 2.45 bits per heavy atom. The summed E-state index contributed by atoms with van der Waals surface area (Å²) in [7, 11) is 3.09. The minimum Gasteiger partial charge on any atom is -0.488 e. The van der Waals surface area contributed by atoms with Gasteiger partial charge < -0.3 is 18.9 Å². The first-order valence-corrected chi connectivity index (χ1v) is 9.62. The van der Waals surface area contributed by atoms with E-state index >= 15 is 0 Å². The second-order valence-corrected chi connectivity index (χ2v) is 6.25. The third kappa shape index (κ3) is 7.60. The van der Waals surface area contributed by atoms with Gasteiger partial charge in [-0.15, -0.1) is 0 Å². The van der Waals surface area contributed by atoms with Crippen molar-refractivity contribution < 1.29 is 23.7 Å². The molecule has 0 aliphatic carbocycles. The van der Waals surface area contributed by atoms with Gasteiger partial charge in [-0.05, 0) is 44.0 Å². The lowest BCUT2D eigenvalue weighted by atomic mass is 10.2. The summed E-state index contributed by atoms with van der Waals surface area (Å²) in [4.78, 5) is 14.5. The molecule has 0 bridgehead atoms. The molecule has 0 saturated heterocycles. The maximum Gasteiger partial charge on any atom is 0.419 e. The monoisotopic (exact) mass is 399 g/mol. The number of para-hydroxylation sites is 1. The number of hydrogen-bond acceptors (Lipinski definition) is 5. The zero-order valence-corrected chi connectivity index (χ0v) is 17.2. The molecule has 0 N–H and O–H groups in total. The van der Waals surface area contributed by atoms with E-state index in [0.29, 0.717) is 18.0 Å². The van der Waals surface area contributed by atoms with E-state index in [2.05, 4.69) is 6.08 Å². The number of nitrogens with zero attached hydrogens (tertiary/aromatic N) is 1. The van der Waals surface area contributed by atoms with Gasteiger partial charge in [0, 0.05) is 32.5 Å². The van der Waals surface area contributed by atoms with Gasteiger partial charge in [0.25, 0.3) is 0 Å². The molecule has 0 atom stereocenters. The van der Waals surface area contributed by atoms with Gasteiger partial charge in [-0.2, -0.15) is 0 Å². The quantitative estimate of drug-likeness (QED) is 0.301. The standard InChI is InChI=1S/C23H29NO5/c1-4-5-6-10-16-24(19-12-8-7-9-13-19)23(25)29-21-15-11-14-20(17-21)28-18-22(26-2)27-3/h4-5,7-9,11-15,17,22H,6,10,16,18H2,1-3H3. The number of methoxy groups -OCH3 is 2. The molecular weight excluding hydrogens is 370 g/mol. The van der Waals surface area contributed by atoms with Crippen molar-refractivity contribution in [2.24, 2.45) is 0 Å². The van der Waals surface area contributed by atoms with Crippen LogP contribution in [0.5, 0.6) is 11.5 Å². The fraction of sp³-hybridized carbons (Fsp3) is 0.348. The van der Waals surface area contributed by atoms with Crippen LogP contribution in [0.15, 0.2) is 66.7 Å². The third-order valence-corrected chi connectivity index (χ3v) is 4.20. The number of carbonyl (C=O) groups is 1. The Hall–Kier alpha value is -2.83. The van der Waals surface area contributed by atoms with Crippen LogP contribution < -0.4 is 14.4 Å². The average Bonchev–Trinajstić information content (AvgIpc) is 2.75. The van der Waals surface area contributed by atoms with E-state index in [0.717, 1.165) is 18.5 Å². The molecule has 0 aliphatic heterocycles. The number of allylic oxidation sites excluding steroid dienone is 2. The Labute approximate surface area is 172 Å². The summed E-state index contributed by atoms with van der Waals surface area (Å²) in [5.41, 5.74) is 0.799. The van der Waals surface area contributed by atoms with Crippen LogP contribution in [0.4, 0.5) is 10.5 Å². The van der Waals surface area contributed by atoms with E-state index in [-0.39, 0.29) is 6.61 Å². The molecule has 0 spiro atoms. The van der Waals surface area contributed by atoms with E-state index in [1.165, 1.54) is 0 Å². The Morgan fingerprint density at radius 1 is 1.03 bits per heavy atom. The van der Waals surface area contributed by atoms with Gasteiger partial charge in [-0.3, -0.25) is 4.90 Å². The molecule has 2 aromatic rings. The lowest BCUT2D eigenvalue weighted by molar-refractivity contribution is -0.121. The highest BCUT2D eigenvalue weighted by atomic mass is 16.7. The molecule has 2 aromatic carbocycles. The van der Waals surface area contributed by atoms with Gasteiger partial charge in [0.05, 0.1) is 0 Å². The first-order valence-electron chi connectivity index (χ1n) is 9.62. The van der Waals surface area contributed by atoms with Crippen LogP contribution in [0.3, 0.4) is 0 Å². The van der Waals surface area contributed by atoms with E-state index in [4.69, 9.17) is 18.9 Å². The smallest absolute Gasteiger partial charge is 0.419 e. The molecule has 1 amide bonds. The maximum absolute atomic E-state index is 12.9. The van der Waals surface area contributed by atoms with Gasteiger partial charge in [-0.25, -0.2) is 4.79 Å². The first-order chi connectivity index (χ1) is 14.2. The highest BCUT2D eigenvalue weighted by Crippen LogP contribution is 2.22. The van der Waals surface area contributed by atoms with Crippen molar-refractivity contribution in [1.82, 2.24) is 0 Å². The Kier molecular flexibility index (Phi) is 9.75. The van der Waals surface area contributed by atoms with Crippen LogP contribution in [0.1, 0.15) is 19.8 Å². The second kappa shape index (κ2) is 12.6. The molecule has 0 saturated carbocycles. The van der Waals surface area contributed by atoms with Crippen molar-refractivity contribution in [2.75, 3.05) is 32.3 Å². The maximum atomic E-state index is 12.9. The van der Waals surface area contributed by atoms with Gasteiger partial charge in [-0.1, -0.05) is 36.4 Å².